The van der Waals surface area contributed by atoms with Crippen LogP contribution >= 0.6 is 11.6 Å². The Bertz CT molecular complexity index is 516. The summed E-state index contributed by atoms with van der Waals surface area (Å²) in [5.41, 5.74) is 0.366. The highest BCUT2D eigenvalue weighted by molar-refractivity contribution is 6.29. The van der Waals surface area contributed by atoms with Gasteiger partial charge in [0.1, 0.15) is 10.8 Å². The molecule has 0 bridgehead atoms. The van der Waals surface area contributed by atoms with Gasteiger partial charge in [-0.05, 0) is 12.1 Å². The van der Waals surface area contributed by atoms with Crippen molar-refractivity contribution < 1.29 is 14.3 Å². The lowest BCUT2D eigenvalue weighted by molar-refractivity contribution is -0.141. The van der Waals surface area contributed by atoms with Crippen LogP contribution in [0.15, 0.2) is 18.2 Å². The van der Waals surface area contributed by atoms with Gasteiger partial charge in [0.25, 0.3) is 5.91 Å². The van der Waals surface area contributed by atoms with Crippen LogP contribution in [0.5, 0.6) is 0 Å². The molecule has 1 saturated heterocycles. The summed E-state index contributed by atoms with van der Waals surface area (Å²) in [6.45, 7) is 3.37. The number of piperazine rings is 1. The van der Waals surface area contributed by atoms with E-state index in [2.05, 4.69) is 14.6 Å². The fourth-order valence-corrected chi connectivity index (χ4v) is 2.38. The number of methoxy groups -OCH3 is 1. The fourth-order valence-electron chi connectivity index (χ4n) is 2.22. The zero-order chi connectivity index (χ0) is 15.2. The molecule has 0 aliphatic carbocycles. The largest absolute Gasteiger partial charge is 0.469 e. The molecule has 0 atom stereocenters. The van der Waals surface area contributed by atoms with E-state index in [1.54, 1.807) is 23.1 Å². The summed E-state index contributed by atoms with van der Waals surface area (Å²) in [6, 6.07) is 5.02. The molecule has 21 heavy (non-hydrogen) atoms. The molecular formula is C14H18ClN3O3. The molecule has 0 aromatic carbocycles. The zero-order valence-corrected chi connectivity index (χ0v) is 12.7. The molecule has 114 valence electrons. The molecule has 1 amide bonds. The summed E-state index contributed by atoms with van der Waals surface area (Å²) in [5.74, 6) is -0.318. The average molecular weight is 312 g/mol. The second-order valence-electron chi connectivity index (χ2n) is 4.81. The number of carbonyl (C=O) groups is 2. The van der Waals surface area contributed by atoms with Crippen LogP contribution in [0.1, 0.15) is 16.9 Å². The van der Waals surface area contributed by atoms with Crippen molar-refractivity contribution in [3.63, 3.8) is 0 Å². The Kier molecular flexibility index (Phi) is 5.52. The summed E-state index contributed by atoms with van der Waals surface area (Å²) < 4.78 is 4.62. The molecule has 6 nitrogen and oxygen atoms in total. The lowest BCUT2D eigenvalue weighted by Gasteiger charge is -2.34. The first-order valence-electron chi connectivity index (χ1n) is 6.81. The van der Waals surface area contributed by atoms with Crippen molar-refractivity contribution in [3.8, 4) is 0 Å². The number of rotatable bonds is 4. The molecule has 1 aliphatic rings. The number of pyridine rings is 1. The van der Waals surface area contributed by atoms with E-state index < -0.39 is 0 Å². The standard InChI is InChI=1S/C14H18ClN3O3/c1-21-13(19)5-6-17-7-9-18(10-8-17)14(20)11-3-2-4-12(15)16-11/h2-4H,5-10H2,1H3. The Balaban J connectivity index is 1.83. The van der Waals surface area contributed by atoms with E-state index in [0.717, 1.165) is 13.1 Å². The first kappa shape index (κ1) is 15.7. The maximum absolute atomic E-state index is 12.3. The van der Waals surface area contributed by atoms with E-state index in [1.807, 2.05) is 0 Å². The highest BCUT2D eigenvalue weighted by Crippen LogP contribution is 2.10. The number of amides is 1. The van der Waals surface area contributed by atoms with Crippen molar-refractivity contribution in [2.45, 2.75) is 6.42 Å². The lowest BCUT2D eigenvalue weighted by Crippen LogP contribution is -2.49. The maximum atomic E-state index is 12.3. The highest BCUT2D eigenvalue weighted by Gasteiger charge is 2.23. The summed E-state index contributed by atoms with van der Waals surface area (Å²) in [7, 11) is 1.39. The molecule has 7 heteroatoms. The Hall–Kier alpha value is -1.66. The molecule has 2 rings (SSSR count). The smallest absolute Gasteiger partial charge is 0.306 e. The number of hydrogen-bond donors (Lipinski definition) is 0. The van der Waals surface area contributed by atoms with Crippen molar-refractivity contribution in [3.05, 3.63) is 29.0 Å². The SMILES string of the molecule is COC(=O)CCN1CCN(C(=O)c2cccc(Cl)n2)CC1. The number of aromatic nitrogens is 1. The number of hydrogen-bond acceptors (Lipinski definition) is 5. The molecule has 1 aromatic heterocycles. The number of nitrogens with zero attached hydrogens (tertiary/aromatic N) is 3. The molecule has 0 unspecified atom stereocenters. The number of ether oxygens (including phenoxy) is 1. The van der Waals surface area contributed by atoms with Crippen LogP contribution in [0.2, 0.25) is 5.15 Å². The van der Waals surface area contributed by atoms with Gasteiger partial charge in [-0.3, -0.25) is 14.5 Å². The van der Waals surface area contributed by atoms with Gasteiger partial charge >= 0.3 is 5.97 Å². The van der Waals surface area contributed by atoms with Gasteiger partial charge in [-0.25, -0.2) is 4.98 Å². The van der Waals surface area contributed by atoms with Crippen LogP contribution in [-0.4, -0.2) is 66.5 Å². The lowest BCUT2D eigenvalue weighted by atomic mass is 10.2. The topological polar surface area (TPSA) is 62.7 Å². The second-order valence-corrected chi connectivity index (χ2v) is 5.19. The predicted octanol–water partition coefficient (Wildman–Crippen LogP) is 1.06. The zero-order valence-electron chi connectivity index (χ0n) is 11.9. The Morgan fingerprint density at radius 2 is 2.00 bits per heavy atom. The normalized spacial score (nSPS) is 15.8. The van der Waals surface area contributed by atoms with E-state index in [1.165, 1.54) is 7.11 Å². The van der Waals surface area contributed by atoms with E-state index in [4.69, 9.17) is 11.6 Å². The van der Waals surface area contributed by atoms with Gasteiger partial charge in [0.15, 0.2) is 0 Å². The molecule has 1 aromatic rings. The van der Waals surface area contributed by atoms with Crippen LogP contribution in [-0.2, 0) is 9.53 Å². The summed E-state index contributed by atoms with van der Waals surface area (Å²) >= 11 is 5.80. The summed E-state index contributed by atoms with van der Waals surface area (Å²) in [6.07, 6.45) is 0.375. The minimum atomic E-state index is -0.211. The first-order valence-corrected chi connectivity index (χ1v) is 7.19. The van der Waals surface area contributed by atoms with E-state index in [-0.39, 0.29) is 11.9 Å². The molecule has 2 heterocycles. The van der Waals surface area contributed by atoms with Crippen LogP contribution in [0.4, 0.5) is 0 Å². The van der Waals surface area contributed by atoms with Gasteiger partial charge in [-0.15, -0.1) is 0 Å². The Morgan fingerprint density at radius 1 is 1.29 bits per heavy atom. The van der Waals surface area contributed by atoms with Crippen LogP contribution in [0.25, 0.3) is 0 Å². The monoisotopic (exact) mass is 311 g/mol. The van der Waals surface area contributed by atoms with Crippen molar-refractivity contribution in [2.24, 2.45) is 0 Å². The summed E-state index contributed by atoms with van der Waals surface area (Å²) in [4.78, 5) is 31.3. The maximum Gasteiger partial charge on any atom is 0.306 e. The fraction of sp³-hybridized carbons (Fsp3) is 0.500. The number of halogens is 1. The third-order valence-electron chi connectivity index (χ3n) is 3.45. The van der Waals surface area contributed by atoms with E-state index >= 15 is 0 Å². The minimum absolute atomic E-state index is 0.106. The Morgan fingerprint density at radius 3 is 2.62 bits per heavy atom. The van der Waals surface area contributed by atoms with Crippen molar-refractivity contribution >= 4 is 23.5 Å². The Labute approximate surface area is 128 Å². The average Bonchev–Trinajstić information content (AvgIpc) is 2.52. The summed E-state index contributed by atoms with van der Waals surface area (Å²) in [5, 5.41) is 0.317. The third-order valence-corrected chi connectivity index (χ3v) is 3.66. The first-order chi connectivity index (χ1) is 10.1. The molecular weight excluding hydrogens is 294 g/mol. The van der Waals surface area contributed by atoms with Gasteiger partial charge < -0.3 is 9.64 Å². The van der Waals surface area contributed by atoms with Crippen molar-refractivity contribution in [1.82, 2.24) is 14.8 Å². The van der Waals surface area contributed by atoms with Crippen LogP contribution < -0.4 is 0 Å². The van der Waals surface area contributed by atoms with Crippen LogP contribution in [0.3, 0.4) is 0 Å². The molecule has 0 radical (unpaired) electrons. The number of carbonyl (C=O) groups excluding carboxylic acids is 2. The van der Waals surface area contributed by atoms with E-state index in [9.17, 15) is 9.59 Å². The van der Waals surface area contributed by atoms with Gasteiger partial charge in [0, 0.05) is 32.7 Å². The van der Waals surface area contributed by atoms with Gasteiger partial charge in [0.05, 0.1) is 13.5 Å². The van der Waals surface area contributed by atoms with Crippen LogP contribution in [0, 0.1) is 0 Å². The van der Waals surface area contributed by atoms with Gasteiger partial charge in [-0.1, -0.05) is 17.7 Å². The number of esters is 1. The van der Waals surface area contributed by atoms with Crippen molar-refractivity contribution in [2.75, 3.05) is 39.8 Å². The van der Waals surface area contributed by atoms with Crippen molar-refractivity contribution in [1.29, 1.82) is 0 Å². The molecule has 0 N–H and O–H groups in total. The molecule has 1 fully saturated rings. The minimum Gasteiger partial charge on any atom is -0.469 e. The van der Waals surface area contributed by atoms with E-state index in [0.29, 0.717) is 36.9 Å². The van der Waals surface area contributed by atoms with Gasteiger partial charge in [-0.2, -0.15) is 0 Å². The highest BCUT2D eigenvalue weighted by atomic mass is 35.5. The quantitative estimate of drug-likeness (QED) is 0.614. The third kappa shape index (κ3) is 4.41. The molecule has 0 spiro atoms. The molecule has 1 aliphatic heterocycles. The molecule has 0 saturated carbocycles. The predicted molar refractivity (Wildman–Crippen MR) is 78.2 cm³/mol. The second kappa shape index (κ2) is 7.38. The van der Waals surface area contributed by atoms with Gasteiger partial charge in [0.2, 0.25) is 0 Å².